The molecule has 1 aliphatic heterocycles. The van der Waals surface area contributed by atoms with E-state index in [4.69, 9.17) is 4.74 Å². The fourth-order valence-electron chi connectivity index (χ4n) is 5.96. The molecule has 0 spiro atoms. The summed E-state index contributed by atoms with van der Waals surface area (Å²) in [5.41, 5.74) is 5.07. The highest BCUT2D eigenvalue weighted by Gasteiger charge is 2.34. The van der Waals surface area contributed by atoms with E-state index in [1.54, 1.807) is 12.1 Å². The van der Waals surface area contributed by atoms with Gasteiger partial charge < -0.3 is 19.7 Å². The van der Waals surface area contributed by atoms with Gasteiger partial charge >= 0.3 is 5.97 Å². The smallest absolute Gasteiger partial charge is 0.303 e. The highest BCUT2D eigenvalue weighted by atomic mass is 19.1. The van der Waals surface area contributed by atoms with Crippen LogP contribution in [0.2, 0.25) is 0 Å². The molecule has 6 heteroatoms. The van der Waals surface area contributed by atoms with Gasteiger partial charge in [0.15, 0.2) is 0 Å². The van der Waals surface area contributed by atoms with Gasteiger partial charge in [0, 0.05) is 44.5 Å². The quantitative estimate of drug-likeness (QED) is 0.218. The summed E-state index contributed by atoms with van der Waals surface area (Å²) in [6, 6.07) is 28.2. The molecule has 1 aliphatic rings. The van der Waals surface area contributed by atoms with Crippen LogP contribution in [-0.4, -0.2) is 28.9 Å². The van der Waals surface area contributed by atoms with Crippen LogP contribution < -0.4 is 5.32 Å². The average molecular weight is 537 g/mol. The third-order valence-corrected chi connectivity index (χ3v) is 8.23. The van der Waals surface area contributed by atoms with Crippen molar-refractivity contribution in [2.24, 2.45) is 0 Å². The number of nitrogens with zero attached hydrogens (tertiary/aromatic N) is 1. The monoisotopic (exact) mass is 536 g/mol. The molecule has 2 heterocycles. The first-order valence-corrected chi connectivity index (χ1v) is 13.9. The van der Waals surface area contributed by atoms with Crippen LogP contribution in [0.3, 0.4) is 0 Å². The number of aryl methyl sites for hydroxylation is 1. The molecular formula is C34H33FN2O3. The van der Waals surface area contributed by atoms with E-state index >= 15 is 0 Å². The Morgan fingerprint density at radius 1 is 0.900 bits per heavy atom. The number of fused-ring (bicyclic) bond motifs is 2. The minimum absolute atomic E-state index is 0.0809. The first-order chi connectivity index (χ1) is 19.5. The Hall–Kier alpha value is -4.00. The molecule has 5 aromatic rings. The first kappa shape index (κ1) is 26.2. The summed E-state index contributed by atoms with van der Waals surface area (Å²) in [4.78, 5) is 11.4. The van der Waals surface area contributed by atoms with Gasteiger partial charge in [0.25, 0.3) is 0 Å². The summed E-state index contributed by atoms with van der Waals surface area (Å²) in [6.07, 6.45) is 4.25. The highest BCUT2D eigenvalue weighted by Crippen LogP contribution is 2.35. The Morgan fingerprint density at radius 3 is 2.52 bits per heavy atom. The van der Waals surface area contributed by atoms with Crippen molar-refractivity contribution in [1.82, 2.24) is 9.88 Å². The van der Waals surface area contributed by atoms with Gasteiger partial charge in [0.2, 0.25) is 0 Å². The van der Waals surface area contributed by atoms with E-state index in [1.807, 2.05) is 18.3 Å². The second-order valence-corrected chi connectivity index (χ2v) is 10.8. The molecule has 0 unspecified atom stereocenters. The van der Waals surface area contributed by atoms with E-state index in [9.17, 15) is 14.3 Å². The van der Waals surface area contributed by atoms with Gasteiger partial charge in [-0.3, -0.25) is 4.79 Å². The maximum atomic E-state index is 14.0. The molecule has 40 heavy (non-hydrogen) atoms. The predicted octanol–water partition coefficient (Wildman–Crippen LogP) is 6.79. The third-order valence-electron chi connectivity index (χ3n) is 8.23. The maximum absolute atomic E-state index is 14.0. The van der Waals surface area contributed by atoms with E-state index < -0.39 is 5.97 Å². The van der Waals surface area contributed by atoms with E-state index in [2.05, 4.69) is 64.5 Å². The van der Waals surface area contributed by atoms with Crippen LogP contribution in [0.25, 0.3) is 21.7 Å². The molecule has 204 valence electrons. The van der Waals surface area contributed by atoms with Crippen molar-refractivity contribution in [3.8, 4) is 0 Å². The molecule has 5 nitrogen and oxygen atoms in total. The van der Waals surface area contributed by atoms with Crippen LogP contribution in [0, 0.1) is 5.82 Å². The van der Waals surface area contributed by atoms with Crippen molar-refractivity contribution in [2.45, 2.75) is 44.3 Å². The minimum Gasteiger partial charge on any atom is -0.481 e. The molecule has 2 N–H and O–H groups in total. The lowest BCUT2D eigenvalue weighted by molar-refractivity contribution is -0.136. The summed E-state index contributed by atoms with van der Waals surface area (Å²) in [6.45, 7) is 2.57. The zero-order valence-corrected chi connectivity index (χ0v) is 22.4. The van der Waals surface area contributed by atoms with E-state index in [-0.39, 0.29) is 17.8 Å². The van der Waals surface area contributed by atoms with Crippen molar-refractivity contribution in [2.75, 3.05) is 13.2 Å². The summed E-state index contributed by atoms with van der Waals surface area (Å²) < 4.78 is 21.8. The molecule has 0 bridgehead atoms. The van der Waals surface area contributed by atoms with Crippen LogP contribution >= 0.6 is 0 Å². The molecule has 0 saturated carbocycles. The predicted molar refractivity (Wildman–Crippen MR) is 156 cm³/mol. The third kappa shape index (κ3) is 5.51. The normalized spacial score (nSPS) is 15.0. The molecule has 4 aromatic carbocycles. The topological polar surface area (TPSA) is 63.5 Å². The van der Waals surface area contributed by atoms with Gasteiger partial charge in [-0.15, -0.1) is 0 Å². The fraction of sp³-hybridized carbons (Fsp3) is 0.265. The molecule has 0 radical (unpaired) electrons. The lowest BCUT2D eigenvalue weighted by atomic mass is 9.81. The number of hydrogen-bond acceptors (Lipinski definition) is 3. The second kappa shape index (κ2) is 11.2. The SMILES string of the molecule is O=C(O)CCc1ccc(Cn2ccc3ccc(F)cc32)cc1CNC1(c2ccc3ccccc3c2)CCOCC1. The number of ether oxygens (including phenoxy) is 1. The van der Waals surface area contributed by atoms with Crippen molar-refractivity contribution < 1.29 is 19.0 Å². The molecule has 1 fully saturated rings. The standard InChI is InChI=1S/C34H33FN2O3/c35-31-11-8-27-13-16-37(32(27)21-31)23-24-5-6-26(9-12-33(38)39)29(19-24)22-36-34(14-17-40-18-15-34)30-10-7-25-3-1-2-4-28(25)20-30/h1-8,10-11,13,16,19-21,36H,9,12,14-15,17-18,22-23H2,(H,38,39). The maximum Gasteiger partial charge on any atom is 0.303 e. The van der Waals surface area contributed by atoms with Gasteiger partial charge in [-0.1, -0.05) is 54.6 Å². The lowest BCUT2D eigenvalue weighted by Gasteiger charge is -2.39. The number of aromatic nitrogens is 1. The molecule has 0 amide bonds. The molecule has 1 saturated heterocycles. The van der Waals surface area contributed by atoms with E-state index in [1.165, 1.54) is 22.4 Å². The number of halogens is 1. The van der Waals surface area contributed by atoms with Gasteiger partial charge in [-0.05, 0) is 88.0 Å². The van der Waals surface area contributed by atoms with Crippen molar-refractivity contribution in [3.05, 3.63) is 119 Å². The number of aliphatic carboxylic acids is 1. The number of benzene rings is 4. The number of carboxylic acids is 1. The van der Waals surface area contributed by atoms with E-state index in [0.29, 0.717) is 32.7 Å². The Balaban J connectivity index is 1.31. The summed E-state index contributed by atoms with van der Waals surface area (Å²) in [5.74, 6) is -1.06. The Kier molecular flexibility index (Phi) is 7.37. The van der Waals surface area contributed by atoms with Crippen molar-refractivity contribution >= 4 is 27.6 Å². The number of nitrogens with one attached hydrogen (secondary N) is 1. The molecule has 6 rings (SSSR count). The largest absolute Gasteiger partial charge is 0.481 e. The summed E-state index contributed by atoms with van der Waals surface area (Å²) in [5, 5.41) is 16.7. The summed E-state index contributed by atoms with van der Waals surface area (Å²) >= 11 is 0. The Morgan fingerprint density at radius 2 is 1.70 bits per heavy atom. The number of hydrogen-bond donors (Lipinski definition) is 2. The van der Waals surface area contributed by atoms with Crippen LogP contribution in [0.15, 0.2) is 91.1 Å². The molecule has 1 aromatic heterocycles. The van der Waals surface area contributed by atoms with E-state index in [0.717, 1.165) is 40.4 Å². The summed E-state index contributed by atoms with van der Waals surface area (Å²) in [7, 11) is 0. The highest BCUT2D eigenvalue weighted by molar-refractivity contribution is 5.83. The van der Waals surface area contributed by atoms with Gasteiger partial charge in [0.1, 0.15) is 5.82 Å². The number of carboxylic acid groups (broad SMARTS) is 1. The Labute approximate surface area is 233 Å². The molecule has 0 aliphatic carbocycles. The molecular weight excluding hydrogens is 503 g/mol. The second-order valence-electron chi connectivity index (χ2n) is 10.8. The van der Waals surface area contributed by atoms with Gasteiger partial charge in [0.05, 0.1) is 5.52 Å². The van der Waals surface area contributed by atoms with Crippen LogP contribution in [-0.2, 0) is 34.6 Å². The average Bonchev–Trinajstić information content (AvgIpc) is 3.37. The van der Waals surface area contributed by atoms with Crippen molar-refractivity contribution in [3.63, 3.8) is 0 Å². The van der Waals surface area contributed by atoms with Crippen molar-refractivity contribution in [1.29, 1.82) is 0 Å². The Bertz CT molecular complexity index is 1670. The fourth-order valence-corrected chi connectivity index (χ4v) is 5.96. The van der Waals surface area contributed by atoms with Crippen LogP contribution in [0.4, 0.5) is 4.39 Å². The van der Waals surface area contributed by atoms with Crippen LogP contribution in [0.1, 0.15) is 41.5 Å². The number of rotatable bonds is 9. The zero-order chi connectivity index (χ0) is 27.5. The van der Waals surface area contributed by atoms with Gasteiger partial charge in [-0.2, -0.15) is 0 Å². The first-order valence-electron chi connectivity index (χ1n) is 13.9. The zero-order valence-electron chi connectivity index (χ0n) is 22.4. The minimum atomic E-state index is -0.805. The molecule has 0 atom stereocenters. The lowest BCUT2D eigenvalue weighted by Crippen LogP contribution is -2.46. The number of carbonyl (C=O) groups is 1. The van der Waals surface area contributed by atoms with Gasteiger partial charge in [-0.25, -0.2) is 4.39 Å². The van der Waals surface area contributed by atoms with Crippen LogP contribution in [0.5, 0.6) is 0 Å².